The Morgan fingerprint density at radius 2 is 2.12 bits per heavy atom. The number of nitrogens with one attached hydrogen (secondary N) is 1. The zero-order valence-corrected chi connectivity index (χ0v) is 9.99. The van der Waals surface area contributed by atoms with Crippen LogP contribution >= 0.6 is 0 Å². The lowest BCUT2D eigenvalue weighted by atomic mass is 10.1. The van der Waals surface area contributed by atoms with Gasteiger partial charge in [0.2, 0.25) is 0 Å². The molecular weight excluding hydrogens is 202 g/mol. The van der Waals surface area contributed by atoms with Gasteiger partial charge in [-0.2, -0.15) is 0 Å². The molecule has 1 aromatic carbocycles. The molecule has 0 aliphatic rings. The zero-order chi connectivity index (χ0) is 12.1. The summed E-state index contributed by atoms with van der Waals surface area (Å²) in [6, 6.07) is 5.97. The fourth-order valence-electron chi connectivity index (χ4n) is 1.49. The molecule has 0 aromatic heterocycles. The third-order valence-corrected chi connectivity index (χ3v) is 2.73. The third kappa shape index (κ3) is 2.89. The molecule has 0 fully saturated rings. The predicted molar refractivity (Wildman–Crippen MR) is 67.0 cm³/mol. The summed E-state index contributed by atoms with van der Waals surface area (Å²) in [7, 11) is 0. The fraction of sp³-hybridized carbons (Fsp3) is 0.417. The van der Waals surface area contributed by atoms with E-state index in [2.05, 4.69) is 36.5 Å². The van der Waals surface area contributed by atoms with Gasteiger partial charge in [-0.25, -0.2) is 0 Å². The average Bonchev–Trinajstić information content (AvgIpc) is 2.29. The topological polar surface area (TPSA) is 70.6 Å². The number of amidine groups is 1. The number of aryl methyl sites for hydroxylation is 2. The van der Waals surface area contributed by atoms with Crippen molar-refractivity contribution >= 4 is 11.5 Å². The van der Waals surface area contributed by atoms with Crippen molar-refractivity contribution in [1.82, 2.24) is 0 Å². The summed E-state index contributed by atoms with van der Waals surface area (Å²) in [6.45, 7) is 6.11. The zero-order valence-electron chi connectivity index (χ0n) is 9.99. The molecule has 4 nitrogen and oxygen atoms in total. The molecule has 88 valence electrons. The van der Waals surface area contributed by atoms with Gasteiger partial charge in [0.25, 0.3) is 0 Å². The highest BCUT2D eigenvalue weighted by Gasteiger charge is 2.11. The Hall–Kier alpha value is -1.71. The number of hydrogen-bond acceptors (Lipinski definition) is 3. The van der Waals surface area contributed by atoms with Crippen LogP contribution in [0.2, 0.25) is 0 Å². The molecule has 4 heteroatoms. The van der Waals surface area contributed by atoms with Crippen molar-refractivity contribution in [2.75, 3.05) is 5.32 Å². The van der Waals surface area contributed by atoms with Gasteiger partial charge in [0.15, 0.2) is 5.84 Å². The maximum absolute atomic E-state index is 8.64. The molecule has 0 bridgehead atoms. The van der Waals surface area contributed by atoms with E-state index in [4.69, 9.17) is 10.9 Å². The maximum Gasteiger partial charge on any atom is 0.161 e. The molecule has 1 unspecified atom stereocenters. The van der Waals surface area contributed by atoms with Gasteiger partial charge in [0.1, 0.15) is 0 Å². The largest absolute Gasteiger partial charge is 0.409 e. The first-order valence-electron chi connectivity index (χ1n) is 5.39. The van der Waals surface area contributed by atoms with Gasteiger partial charge in [-0.15, -0.1) is 0 Å². The molecule has 4 N–H and O–H groups in total. The van der Waals surface area contributed by atoms with E-state index in [1.807, 2.05) is 13.0 Å². The van der Waals surface area contributed by atoms with E-state index < -0.39 is 0 Å². The number of hydrogen-bond donors (Lipinski definition) is 3. The smallest absolute Gasteiger partial charge is 0.161 e. The van der Waals surface area contributed by atoms with Crippen LogP contribution < -0.4 is 11.1 Å². The van der Waals surface area contributed by atoms with Crippen LogP contribution in [0.15, 0.2) is 23.4 Å². The number of rotatable bonds is 4. The highest BCUT2D eigenvalue weighted by atomic mass is 16.4. The van der Waals surface area contributed by atoms with Gasteiger partial charge >= 0.3 is 0 Å². The molecule has 0 saturated carbocycles. The second-order valence-corrected chi connectivity index (χ2v) is 3.93. The predicted octanol–water partition coefficient (Wildman–Crippen LogP) is 2.24. The summed E-state index contributed by atoms with van der Waals surface area (Å²) in [5.74, 6) is 0.209. The number of oxime groups is 1. The molecule has 0 amide bonds. The third-order valence-electron chi connectivity index (χ3n) is 2.73. The molecule has 0 radical (unpaired) electrons. The van der Waals surface area contributed by atoms with Crippen LogP contribution in [0.5, 0.6) is 0 Å². The minimum Gasteiger partial charge on any atom is -0.409 e. The molecule has 0 heterocycles. The molecule has 0 aliphatic carbocycles. The minimum atomic E-state index is -0.132. The highest BCUT2D eigenvalue weighted by molar-refractivity contribution is 5.87. The minimum absolute atomic E-state index is 0.132. The molecule has 1 atom stereocenters. The first kappa shape index (κ1) is 12.4. The normalized spacial score (nSPS) is 13.6. The van der Waals surface area contributed by atoms with E-state index in [-0.39, 0.29) is 11.9 Å². The van der Waals surface area contributed by atoms with E-state index in [1.165, 1.54) is 11.1 Å². The second kappa shape index (κ2) is 5.39. The average molecular weight is 221 g/mol. The van der Waals surface area contributed by atoms with Crippen LogP contribution in [0.3, 0.4) is 0 Å². The van der Waals surface area contributed by atoms with E-state index in [1.54, 1.807) is 0 Å². The van der Waals surface area contributed by atoms with Crippen molar-refractivity contribution in [2.24, 2.45) is 10.9 Å². The second-order valence-electron chi connectivity index (χ2n) is 3.93. The van der Waals surface area contributed by atoms with Gasteiger partial charge in [-0.05, 0) is 43.5 Å². The Morgan fingerprint density at radius 1 is 1.44 bits per heavy atom. The Balaban J connectivity index is 2.82. The molecule has 1 rings (SSSR count). The molecule has 0 aliphatic heterocycles. The van der Waals surface area contributed by atoms with E-state index in [9.17, 15) is 0 Å². The van der Waals surface area contributed by atoms with Crippen molar-refractivity contribution in [3.63, 3.8) is 0 Å². The number of anilines is 1. The Labute approximate surface area is 96.2 Å². The van der Waals surface area contributed by atoms with Crippen molar-refractivity contribution in [3.8, 4) is 0 Å². The lowest BCUT2D eigenvalue weighted by molar-refractivity contribution is 0.316. The summed E-state index contributed by atoms with van der Waals surface area (Å²) in [4.78, 5) is 0. The van der Waals surface area contributed by atoms with Crippen LogP contribution in [-0.4, -0.2) is 17.1 Å². The van der Waals surface area contributed by atoms with Gasteiger partial charge in [-0.1, -0.05) is 18.1 Å². The van der Waals surface area contributed by atoms with Crippen molar-refractivity contribution < 1.29 is 5.21 Å². The summed E-state index contributed by atoms with van der Waals surface area (Å²) < 4.78 is 0. The van der Waals surface area contributed by atoms with Crippen LogP contribution in [-0.2, 0) is 0 Å². The van der Waals surface area contributed by atoms with Gasteiger partial charge < -0.3 is 16.3 Å². The standard InChI is InChI=1S/C12H19N3O/c1-4-11(12(13)15-16)14-10-6-5-8(2)9(3)7-10/h5-7,11,14,16H,4H2,1-3H3,(H2,13,15). The van der Waals surface area contributed by atoms with Gasteiger partial charge in [0, 0.05) is 5.69 Å². The molecule has 16 heavy (non-hydrogen) atoms. The summed E-state index contributed by atoms with van der Waals surface area (Å²) >= 11 is 0. The summed E-state index contributed by atoms with van der Waals surface area (Å²) in [5, 5.41) is 14.9. The monoisotopic (exact) mass is 221 g/mol. The summed E-state index contributed by atoms with van der Waals surface area (Å²) in [6.07, 6.45) is 0.767. The number of benzene rings is 1. The molecular formula is C12H19N3O. The fourth-order valence-corrected chi connectivity index (χ4v) is 1.49. The van der Waals surface area contributed by atoms with Gasteiger partial charge in [-0.3, -0.25) is 0 Å². The van der Waals surface area contributed by atoms with Crippen molar-refractivity contribution in [3.05, 3.63) is 29.3 Å². The van der Waals surface area contributed by atoms with E-state index in [0.717, 1.165) is 12.1 Å². The van der Waals surface area contributed by atoms with Gasteiger partial charge in [0.05, 0.1) is 6.04 Å². The van der Waals surface area contributed by atoms with Crippen molar-refractivity contribution in [2.45, 2.75) is 33.2 Å². The number of nitrogens with zero attached hydrogens (tertiary/aromatic N) is 1. The summed E-state index contributed by atoms with van der Waals surface area (Å²) in [5.41, 5.74) is 9.04. The van der Waals surface area contributed by atoms with Crippen molar-refractivity contribution in [1.29, 1.82) is 0 Å². The quantitative estimate of drug-likeness (QED) is 0.316. The number of nitrogens with two attached hydrogens (primary N) is 1. The SMILES string of the molecule is CCC(Nc1ccc(C)c(C)c1)C(N)=NO. The lowest BCUT2D eigenvalue weighted by Crippen LogP contribution is -2.35. The Bertz CT molecular complexity index is 388. The Kier molecular flexibility index (Phi) is 4.17. The van der Waals surface area contributed by atoms with E-state index >= 15 is 0 Å². The molecule has 0 saturated heterocycles. The highest BCUT2D eigenvalue weighted by Crippen LogP contribution is 2.15. The first-order chi connectivity index (χ1) is 7.58. The lowest BCUT2D eigenvalue weighted by Gasteiger charge is -2.17. The van der Waals surface area contributed by atoms with Crippen LogP contribution in [0, 0.1) is 13.8 Å². The van der Waals surface area contributed by atoms with E-state index in [0.29, 0.717) is 0 Å². The Morgan fingerprint density at radius 3 is 2.62 bits per heavy atom. The van der Waals surface area contributed by atoms with Crippen LogP contribution in [0.1, 0.15) is 24.5 Å². The van der Waals surface area contributed by atoms with Crippen LogP contribution in [0.4, 0.5) is 5.69 Å². The maximum atomic E-state index is 8.64. The first-order valence-corrected chi connectivity index (χ1v) is 5.39. The molecule has 1 aromatic rings. The molecule has 0 spiro atoms. The van der Waals surface area contributed by atoms with Crippen LogP contribution in [0.25, 0.3) is 0 Å².